The number of rotatable bonds is 5. The average molecular weight is 224 g/mol. The van der Waals surface area contributed by atoms with Gasteiger partial charge in [-0.15, -0.1) is 0 Å². The van der Waals surface area contributed by atoms with E-state index in [0.717, 1.165) is 13.1 Å². The first kappa shape index (κ1) is 13.7. The van der Waals surface area contributed by atoms with Gasteiger partial charge in [0.1, 0.15) is 0 Å². The predicted molar refractivity (Wildman–Crippen MR) is 71.8 cm³/mol. The fourth-order valence-electron chi connectivity index (χ4n) is 2.44. The number of nitrogens with one attached hydrogen (secondary N) is 1. The summed E-state index contributed by atoms with van der Waals surface area (Å²) >= 11 is 0. The van der Waals surface area contributed by atoms with Gasteiger partial charge in [0.05, 0.1) is 0 Å². The van der Waals surface area contributed by atoms with E-state index in [2.05, 4.69) is 50.1 Å². The van der Waals surface area contributed by atoms with Gasteiger partial charge in [-0.1, -0.05) is 32.4 Å². The Kier molecular flexibility index (Phi) is 5.50. The van der Waals surface area contributed by atoms with Crippen molar-refractivity contribution in [2.45, 2.75) is 58.5 Å². The molecule has 0 saturated carbocycles. The maximum absolute atomic E-state index is 3.70. The van der Waals surface area contributed by atoms with Crippen molar-refractivity contribution in [1.29, 1.82) is 0 Å². The number of hydrogen-bond donors (Lipinski definition) is 1. The number of nitrogens with zero attached hydrogens (tertiary/aromatic N) is 1. The molecule has 2 nitrogen and oxygen atoms in total. The van der Waals surface area contributed by atoms with Crippen molar-refractivity contribution >= 4 is 0 Å². The highest BCUT2D eigenvalue weighted by molar-refractivity contribution is 4.98. The van der Waals surface area contributed by atoms with Crippen LogP contribution in [0.2, 0.25) is 0 Å². The van der Waals surface area contributed by atoms with Gasteiger partial charge in [0, 0.05) is 31.2 Å². The lowest BCUT2D eigenvalue weighted by Crippen LogP contribution is -2.62. The SMILES string of the molecule is C/C=C/CN1CC(CCC)NCC1(C)CC. The van der Waals surface area contributed by atoms with E-state index in [4.69, 9.17) is 0 Å². The van der Waals surface area contributed by atoms with E-state index in [-0.39, 0.29) is 0 Å². The first-order chi connectivity index (χ1) is 7.66. The molecule has 0 amide bonds. The standard InChI is InChI=1S/C14H28N2/c1-5-8-10-16-11-13(9-6-2)15-12-14(16,4)7-3/h5,8,13,15H,6-7,9-12H2,1-4H3/b8-5+. The molecule has 16 heavy (non-hydrogen) atoms. The van der Waals surface area contributed by atoms with Crippen LogP contribution < -0.4 is 5.32 Å². The molecule has 1 fully saturated rings. The van der Waals surface area contributed by atoms with Crippen LogP contribution in [0.1, 0.15) is 47.0 Å². The van der Waals surface area contributed by atoms with Crippen molar-refractivity contribution < 1.29 is 0 Å². The minimum Gasteiger partial charge on any atom is -0.311 e. The summed E-state index contributed by atoms with van der Waals surface area (Å²) in [4.78, 5) is 2.64. The Labute approximate surface area is 101 Å². The Morgan fingerprint density at radius 1 is 1.44 bits per heavy atom. The molecule has 1 aliphatic rings. The van der Waals surface area contributed by atoms with Crippen LogP contribution in [0.15, 0.2) is 12.2 Å². The van der Waals surface area contributed by atoms with Crippen LogP contribution in [-0.4, -0.2) is 36.1 Å². The number of piperazine rings is 1. The lowest BCUT2D eigenvalue weighted by atomic mass is 9.91. The molecule has 1 aliphatic heterocycles. The fourth-order valence-corrected chi connectivity index (χ4v) is 2.44. The highest BCUT2D eigenvalue weighted by Crippen LogP contribution is 2.23. The van der Waals surface area contributed by atoms with Gasteiger partial charge < -0.3 is 5.32 Å². The third-order valence-electron chi connectivity index (χ3n) is 3.94. The second kappa shape index (κ2) is 6.41. The molecule has 1 saturated heterocycles. The van der Waals surface area contributed by atoms with Gasteiger partial charge in [-0.25, -0.2) is 0 Å². The van der Waals surface area contributed by atoms with E-state index >= 15 is 0 Å². The second-order valence-electron chi connectivity index (χ2n) is 5.19. The maximum Gasteiger partial charge on any atom is 0.0307 e. The highest BCUT2D eigenvalue weighted by atomic mass is 15.3. The Morgan fingerprint density at radius 3 is 2.75 bits per heavy atom. The van der Waals surface area contributed by atoms with Gasteiger partial charge in [-0.2, -0.15) is 0 Å². The molecular weight excluding hydrogens is 196 g/mol. The molecule has 94 valence electrons. The summed E-state index contributed by atoms with van der Waals surface area (Å²) in [7, 11) is 0. The summed E-state index contributed by atoms with van der Waals surface area (Å²) in [6.45, 7) is 12.5. The lowest BCUT2D eigenvalue weighted by Gasteiger charge is -2.47. The topological polar surface area (TPSA) is 15.3 Å². The molecule has 2 heteroatoms. The van der Waals surface area contributed by atoms with Crippen molar-refractivity contribution in [1.82, 2.24) is 10.2 Å². The van der Waals surface area contributed by atoms with Crippen LogP contribution in [0.3, 0.4) is 0 Å². The monoisotopic (exact) mass is 224 g/mol. The van der Waals surface area contributed by atoms with Crippen LogP contribution in [0.4, 0.5) is 0 Å². The zero-order chi connectivity index (χ0) is 12.0. The Morgan fingerprint density at radius 2 is 2.19 bits per heavy atom. The van der Waals surface area contributed by atoms with E-state index < -0.39 is 0 Å². The normalized spacial score (nSPS) is 32.4. The van der Waals surface area contributed by atoms with Gasteiger partial charge in [-0.05, 0) is 26.7 Å². The third kappa shape index (κ3) is 3.33. The van der Waals surface area contributed by atoms with Crippen molar-refractivity contribution in [2.24, 2.45) is 0 Å². The highest BCUT2D eigenvalue weighted by Gasteiger charge is 2.35. The lowest BCUT2D eigenvalue weighted by molar-refractivity contribution is 0.0583. The van der Waals surface area contributed by atoms with Gasteiger partial charge in [0.25, 0.3) is 0 Å². The zero-order valence-corrected chi connectivity index (χ0v) is 11.4. The van der Waals surface area contributed by atoms with Crippen LogP contribution >= 0.6 is 0 Å². The summed E-state index contributed by atoms with van der Waals surface area (Å²) in [5.41, 5.74) is 0.337. The Balaban J connectivity index is 2.61. The number of allylic oxidation sites excluding steroid dienone is 1. The van der Waals surface area contributed by atoms with Gasteiger partial charge in [0.2, 0.25) is 0 Å². The summed E-state index contributed by atoms with van der Waals surface area (Å²) in [5.74, 6) is 0. The van der Waals surface area contributed by atoms with Gasteiger partial charge >= 0.3 is 0 Å². The molecule has 0 aromatic heterocycles. The zero-order valence-electron chi connectivity index (χ0n) is 11.4. The molecule has 2 unspecified atom stereocenters. The summed E-state index contributed by atoms with van der Waals surface area (Å²) < 4.78 is 0. The Hall–Kier alpha value is -0.340. The Bertz CT molecular complexity index is 225. The van der Waals surface area contributed by atoms with E-state index in [0.29, 0.717) is 11.6 Å². The van der Waals surface area contributed by atoms with Crippen molar-refractivity contribution in [3.05, 3.63) is 12.2 Å². The van der Waals surface area contributed by atoms with E-state index in [1.807, 2.05) is 0 Å². The smallest absolute Gasteiger partial charge is 0.0307 e. The van der Waals surface area contributed by atoms with E-state index in [9.17, 15) is 0 Å². The molecule has 0 aliphatic carbocycles. The molecule has 0 spiro atoms. The molecule has 0 bridgehead atoms. The van der Waals surface area contributed by atoms with Gasteiger partial charge in [-0.3, -0.25) is 4.90 Å². The van der Waals surface area contributed by atoms with Crippen molar-refractivity contribution in [3.63, 3.8) is 0 Å². The predicted octanol–water partition coefficient (Wildman–Crippen LogP) is 2.81. The molecule has 1 rings (SSSR count). The molecule has 0 aromatic rings. The van der Waals surface area contributed by atoms with Gasteiger partial charge in [0.15, 0.2) is 0 Å². The van der Waals surface area contributed by atoms with Crippen molar-refractivity contribution in [3.8, 4) is 0 Å². The summed E-state index contributed by atoms with van der Waals surface area (Å²) in [6.07, 6.45) is 8.23. The van der Waals surface area contributed by atoms with Crippen LogP contribution in [0.25, 0.3) is 0 Å². The summed E-state index contributed by atoms with van der Waals surface area (Å²) in [5, 5.41) is 3.70. The molecule has 1 heterocycles. The molecule has 0 radical (unpaired) electrons. The molecule has 2 atom stereocenters. The molecule has 1 N–H and O–H groups in total. The molecular formula is C14H28N2. The first-order valence-electron chi connectivity index (χ1n) is 6.76. The van der Waals surface area contributed by atoms with Crippen molar-refractivity contribution in [2.75, 3.05) is 19.6 Å². The third-order valence-corrected chi connectivity index (χ3v) is 3.94. The summed E-state index contributed by atoms with van der Waals surface area (Å²) in [6, 6.07) is 0.690. The molecule has 0 aromatic carbocycles. The maximum atomic E-state index is 3.70. The minimum atomic E-state index is 0.337. The first-order valence-corrected chi connectivity index (χ1v) is 6.76. The largest absolute Gasteiger partial charge is 0.311 e. The van der Waals surface area contributed by atoms with Crippen LogP contribution in [-0.2, 0) is 0 Å². The fraction of sp³-hybridized carbons (Fsp3) is 0.857. The number of hydrogen-bond acceptors (Lipinski definition) is 2. The van der Waals surface area contributed by atoms with Crippen LogP contribution in [0.5, 0.6) is 0 Å². The quantitative estimate of drug-likeness (QED) is 0.722. The van der Waals surface area contributed by atoms with E-state index in [1.165, 1.54) is 25.8 Å². The second-order valence-corrected chi connectivity index (χ2v) is 5.19. The minimum absolute atomic E-state index is 0.337. The van der Waals surface area contributed by atoms with Crippen LogP contribution in [0, 0.1) is 0 Å². The van der Waals surface area contributed by atoms with E-state index in [1.54, 1.807) is 0 Å². The average Bonchev–Trinajstić information content (AvgIpc) is 2.30.